The molecule has 0 saturated heterocycles. The Morgan fingerprint density at radius 3 is 2.38 bits per heavy atom. The first-order valence-electron chi connectivity index (χ1n) is 5.74. The molecule has 0 saturated carbocycles. The lowest BCUT2D eigenvalue weighted by molar-refractivity contribution is -0.170. The van der Waals surface area contributed by atoms with Gasteiger partial charge in [0.1, 0.15) is 0 Å². The highest BCUT2D eigenvalue weighted by Gasteiger charge is 2.48. The van der Waals surface area contributed by atoms with Crippen molar-refractivity contribution in [2.75, 3.05) is 11.4 Å². The van der Waals surface area contributed by atoms with Crippen molar-refractivity contribution in [2.45, 2.75) is 24.7 Å². The van der Waals surface area contributed by atoms with Gasteiger partial charge in [0.2, 0.25) is 0 Å². The Morgan fingerprint density at radius 1 is 1.24 bits per heavy atom. The molecule has 1 amide bonds. The molecule has 116 valence electrons. The summed E-state index contributed by atoms with van der Waals surface area (Å²) in [5.41, 5.74) is -0.187. The number of benzene rings is 1. The number of hydrogen-bond acceptors (Lipinski definition) is 1. The molecule has 0 aromatic heterocycles. The van der Waals surface area contributed by atoms with E-state index in [1.54, 1.807) is 0 Å². The van der Waals surface area contributed by atoms with Crippen LogP contribution in [0.3, 0.4) is 0 Å². The molecule has 9 heteroatoms. The Morgan fingerprint density at radius 2 is 1.86 bits per heavy atom. The van der Waals surface area contributed by atoms with Gasteiger partial charge in [0.25, 0.3) is 0 Å². The molecule has 0 spiro atoms. The molecule has 1 aliphatic heterocycles. The van der Waals surface area contributed by atoms with Crippen molar-refractivity contribution in [1.82, 2.24) is 0 Å². The second-order valence-corrected chi connectivity index (χ2v) is 5.07. The molecule has 1 heterocycles. The van der Waals surface area contributed by atoms with Gasteiger partial charge >= 0.3 is 18.3 Å². The zero-order valence-electron chi connectivity index (χ0n) is 10.2. The maximum absolute atomic E-state index is 12.5. The lowest BCUT2D eigenvalue weighted by Crippen LogP contribution is -2.40. The number of halogens is 7. The third kappa shape index (κ3) is 3.42. The monoisotopic (exact) mass is 331 g/mol. The molecule has 21 heavy (non-hydrogen) atoms. The van der Waals surface area contributed by atoms with Crippen LogP contribution in [-0.2, 0) is 4.79 Å². The number of fused-ring (bicyclic) bond motifs is 1. The fourth-order valence-electron chi connectivity index (χ4n) is 2.31. The first-order chi connectivity index (χ1) is 9.49. The lowest BCUT2D eigenvalue weighted by atomic mass is 9.98. The summed E-state index contributed by atoms with van der Waals surface area (Å²) >= 11 is 5.67. The van der Waals surface area contributed by atoms with Crippen molar-refractivity contribution < 1.29 is 31.1 Å². The van der Waals surface area contributed by atoms with E-state index in [0.717, 1.165) is 12.1 Å². The van der Waals surface area contributed by atoms with E-state index in [-0.39, 0.29) is 16.3 Å². The summed E-state index contributed by atoms with van der Waals surface area (Å²) in [5.74, 6) is -3.44. The molecular weight excluding hydrogens is 324 g/mol. The van der Waals surface area contributed by atoms with Crippen LogP contribution in [0.15, 0.2) is 18.2 Å². The van der Waals surface area contributed by atoms with Gasteiger partial charge in [0, 0.05) is 23.2 Å². The van der Waals surface area contributed by atoms with E-state index in [0.29, 0.717) is 4.90 Å². The largest absolute Gasteiger partial charge is 0.471 e. The smallest absolute Gasteiger partial charge is 0.304 e. The van der Waals surface area contributed by atoms with Crippen molar-refractivity contribution in [3.8, 4) is 0 Å². The van der Waals surface area contributed by atoms with Gasteiger partial charge in [-0.15, -0.1) is 0 Å². The number of nitrogens with zero attached hydrogens (tertiary/aromatic N) is 1. The van der Waals surface area contributed by atoms with Gasteiger partial charge in [0.15, 0.2) is 0 Å². The van der Waals surface area contributed by atoms with E-state index in [1.165, 1.54) is 6.07 Å². The van der Waals surface area contributed by atoms with Crippen LogP contribution in [0.1, 0.15) is 17.9 Å². The van der Waals surface area contributed by atoms with Crippen molar-refractivity contribution in [1.29, 1.82) is 0 Å². The average molecular weight is 332 g/mol. The Balaban J connectivity index is 2.40. The van der Waals surface area contributed by atoms with Gasteiger partial charge in [-0.05, 0) is 23.8 Å². The molecule has 1 aliphatic rings. The molecule has 0 N–H and O–H groups in total. The van der Waals surface area contributed by atoms with Crippen LogP contribution in [0, 0.1) is 0 Å². The molecule has 0 aliphatic carbocycles. The molecule has 1 aromatic carbocycles. The summed E-state index contributed by atoms with van der Waals surface area (Å²) in [6, 6.07) is 3.52. The summed E-state index contributed by atoms with van der Waals surface area (Å²) in [4.78, 5) is 11.6. The zero-order chi connectivity index (χ0) is 16.0. The third-order valence-corrected chi connectivity index (χ3v) is 3.32. The highest BCUT2D eigenvalue weighted by atomic mass is 35.5. The van der Waals surface area contributed by atoms with Crippen molar-refractivity contribution in [2.24, 2.45) is 0 Å². The Labute approximate surface area is 120 Å². The highest BCUT2D eigenvalue weighted by Crippen LogP contribution is 2.44. The lowest BCUT2D eigenvalue weighted by Gasteiger charge is -2.19. The molecule has 2 nitrogen and oxygen atoms in total. The van der Waals surface area contributed by atoms with Crippen LogP contribution < -0.4 is 4.90 Å². The molecule has 1 unspecified atom stereocenters. The van der Waals surface area contributed by atoms with Crippen molar-refractivity contribution >= 4 is 23.2 Å². The second kappa shape index (κ2) is 5.08. The van der Waals surface area contributed by atoms with E-state index in [9.17, 15) is 31.1 Å². The predicted octanol–water partition coefficient (Wildman–Crippen LogP) is 4.28. The second-order valence-electron chi connectivity index (χ2n) is 4.63. The minimum Gasteiger partial charge on any atom is -0.304 e. The molecule has 1 atom stereocenters. The van der Waals surface area contributed by atoms with E-state index in [1.807, 2.05) is 0 Å². The summed E-state index contributed by atoms with van der Waals surface area (Å²) in [6.45, 7) is -0.673. The molecular formula is C12H8ClF6NO. The Kier molecular flexibility index (Phi) is 3.86. The van der Waals surface area contributed by atoms with Crippen molar-refractivity contribution in [3.05, 3.63) is 28.8 Å². The van der Waals surface area contributed by atoms with Crippen LogP contribution in [-0.4, -0.2) is 24.8 Å². The topological polar surface area (TPSA) is 20.3 Å². The summed E-state index contributed by atoms with van der Waals surface area (Å²) in [6.07, 6.45) is -11.0. The zero-order valence-corrected chi connectivity index (χ0v) is 11.0. The molecule has 0 fully saturated rings. The number of amides is 1. The average Bonchev–Trinajstić information content (AvgIpc) is 2.63. The molecule has 2 rings (SSSR count). The summed E-state index contributed by atoms with van der Waals surface area (Å²) in [5, 5.41) is 0.0993. The quantitative estimate of drug-likeness (QED) is 0.703. The number of alkyl halides is 6. The van der Waals surface area contributed by atoms with Crippen LogP contribution in [0.2, 0.25) is 5.02 Å². The van der Waals surface area contributed by atoms with E-state index in [2.05, 4.69) is 0 Å². The standard InChI is InChI=1S/C12H8ClF6NO/c13-7-1-2-9-8(3-7)6(4-11(14,15)16)5-20(9)10(21)12(17,18)19/h1-3,6H,4-5H2. The third-order valence-electron chi connectivity index (χ3n) is 3.09. The van der Waals surface area contributed by atoms with E-state index < -0.39 is 37.1 Å². The van der Waals surface area contributed by atoms with Gasteiger partial charge in [-0.1, -0.05) is 11.6 Å². The highest BCUT2D eigenvalue weighted by molar-refractivity contribution is 6.30. The van der Waals surface area contributed by atoms with E-state index >= 15 is 0 Å². The minimum absolute atomic E-state index is 0.00238. The maximum Gasteiger partial charge on any atom is 0.471 e. The Bertz CT molecular complexity index is 568. The number of anilines is 1. The summed E-state index contributed by atoms with van der Waals surface area (Å²) in [7, 11) is 0. The number of rotatable bonds is 1. The number of carbonyl (C=O) groups excluding carboxylic acids is 1. The first kappa shape index (κ1) is 15.9. The maximum atomic E-state index is 12.5. The fourth-order valence-corrected chi connectivity index (χ4v) is 2.50. The number of hydrogen-bond donors (Lipinski definition) is 0. The van der Waals surface area contributed by atoms with Crippen LogP contribution >= 0.6 is 11.6 Å². The van der Waals surface area contributed by atoms with Crippen molar-refractivity contribution in [3.63, 3.8) is 0 Å². The Hall–Kier alpha value is -1.44. The van der Waals surface area contributed by atoms with Crippen LogP contribution in [0.25, 0.3) is 0 Å². The van der Waals surface area contributed by atoms with Gasteiger partial charge in [-0.3, -0.25) is 4.79 Å². The minimum atomic E-state index is -5.15. The number of carbonyl (C=O) groups is 1. The first-order valence-corrected chi connectivity index (χ1v) is 6.12. The van der Waals surface area contributed by atoms with Crippen LogP contribution in [0.4, 0.5) is 32.0 Å². The molecule has 0 radical (unpaired) electrons. The van der Waals surface area contributed by atoms with E-state index in [4.69, 9.17) is 11.6 Å². The van der Waals surface area contributed by atoms with Gasteiger partial charge in [-0.2, -0.15) is 26.3 Å². The van der Waals surface area contributed by atoms with Gasteiger partial charge in [0.05, 0.1) is 6.42 Å². The van der Waals surface area contributed by atoms with Gasteiger partial charge in [-0.25, -0.2) is 0 Å². The fraction of sp³-hybridized carbons (Fsp3) is 0.417. The predicted molar refractivity (Wildman–Crippen MR) is 63.3 cm³/mol. The van der Waals surface area contributed by atoms with Crippen LogP contribution in [0.5, 0.6) is 0 Å². The normalized spacial score (nSPS) is 18.8. The molecule has 0 bridgehead atoms. The SMILES string of the molecule is O=C(N1CC(CC(F)(F)F)c2cc(Cl)ccc21)C(F)(F)F. The van der Waals surface area contributed by atoms with Gasteiger partial charge < -0.3 is 4.90 Å². The summed E-state index contributed by atoms with van der Waals surface area (Å²) < 4.78 is 75.0. The molecule has 1 aromatic rings.